The Morgan fingerprint density at radius 2 is 2.00 bits per heavy atom. The molecule has 6 heteroatoms. The second kappa shape index (κ2) is 6.50. The Hall–Kier alpha value is -0.420. The van der Waals surface area contributed by atoms with E-state index in [1.807, 2.05) is 0 Å². The lowest BCUT2D eigenvalue weighted by Crippen LogP contribution is -2.33. The van der Waals surface area contributed by atoms with E-state index >= 15 is 0 Å². The minimum absolute atomic E-state index is 0.197. The second-order valence-corrected chi connectivity index (χ2v) is 4.54. The van der Waals surface area contributed by atoms with E-state index in [1.165, 1.54) is 0 Å². The van der Waals surface area contributed by atoms with E-state index in [4.69, 9.17) is 28.3 Å². The third-order valence-electron chi connectivity index (χ3n) is 2.35. The summed E-state index contributed by atoms with van der Waals surface area (Å²) in [5, 5.41) is 12.7. The first-order chi connectivity index (χ1) is 7.91. The molecule has 0 heterocycles. The molecule has 0 bridgehead atoms. The molecule has 0 aliphatic carbocycles. The van der Waals surface area contributed by atoms with Gasteiger partial charge in [0.25, 0.3) is 6.43 Å². The second-order valence-electron chi connectivity index (χ2n) is 3.70. The largest absolute Gasteiger partial charge is 0.386 e. The fraction of sp³-hybridized carbons (Fsp3) is 0.455. The molecule has 0 radical (unpaired) electrons. The van der Waals surface area contributed by atoms with Crippen molar-refractivity contribution in [2.75, 3.05) is 6.54 Å². The van der Waals surface area contributed by atoms with E-state index < -0.39 is 12.5 Å². The average Bonchev–Trinajstić information content (AvgIpc) is 2.25. The van der Waals surface area contributed by atoms with Crippen LogP contribution in [0.15, 0.2) is 18.2 Å². The standard InChI is InChI=1S/C11H13Cl2F2NO/c1-6(16-5-10(17)11(14)15)8-3-2-7(12)4-9(8)13/h2-4,6,10-11,16-17H,5H2,1H3. The lowest BCUT2D eigenvalue weighted by Gasteiger charge is -2.18. The van der Waals surface area contributed by atoms with Gasteiger partial charge in [-0.25, -0.2) is 8.78 Å². The number of benzene rings is 1. The molecule has 2 unspecified atom stereocenters. The van der Waals surface area contributed by atoms with E-state index in [0.29, 0.717) is 10.0 Å². The van der Waals surface area contributed by atoms with Crippen molar-refractivity contribution in [3.8, 4) is 0 Å². The van der Waals surface area contributed by atoms with Crippen molar-refractivity contribution in [3.63, 3.8) is 0 Å². The molecule has 0 saturated heterocycles. The van der Waals surface area contributed by atoms with Crippen LogP contribution in [-0.2, 0) is 0 Å². The summed E-state index contributed by atoms with van der Waals surface area (Å²) in [6.45, 7) is 1.57. The zero-order valence-corrected chi connectivity index (χ0v) is 10.6. The molecule has 17 heavy (non-hydrogen) atoms. The number of hydrogen-bond donors (Lipinski definition) is 2. The molecular formula is C11H13Cl2F2NO. The summed E-state index contributed by atoms with van der Waals surface area (Å²) in [4.78, 5) is 0. The quantitative estimate of drug-likeness (QED) is 0.869. The number of alkyl halides is 2. The first-order valence-corrected chi connectivity index (χ1v) is 5.82. The molecule has 0 amide bonds. The maximum Gasteiger partial charge on any atom is 0.265 e. The van der Waals surface area contributed by atoms with Crippen molar-refractivity contribution in [3.05, 3.63) is 33.8 Å². The van der Waals surface area contributed by atoms with Crippen molar-refractivity contribution in [1.82, 2.24) is 5.32 Å². The van der Waals surface area contributed by atoms with Gasteiger partial charge >= 0.3 is 0 Å². The van der Waals surface area contributed by atoms with Gasteiger partial charge in [0, 0.05) is 22.6 Å². The van der Waals surface area contributed by atoms with Crippen LogP contribution in [0.2, 0.25) is 10.0 Å². The molecule has 2 N–H and O–H groups in total. The first-order valence-electron chi connectivity index (χ1n) is 5.06. The van der Waals surface area contributed by atoms with Crippen molar-refractivity contribution in [1.29, 1.82) is 0 Å². The van der Waals surface area contributed by atoms with E-state index in [1.54, 1.807) is 25.1 Å². The van der Waals surface area contributed by atoms with Crippen LogP contribution in [0.25, 0.3) is 0 Å². The monoisotopic (exact) mass is 283 g/mol. The van der Waals surface area contributed by atoms with Gasteiger partial charge in [-0.05, 0) is 24.6 Å². The maximum absolute atomic E-state index is 12.1. The van der Waals surface area contributed by atoms with Crippen molar-refractivity contribution in [2.45, 2.75) is 25.5 Å². The molecule has 1 rings (SSSR count). The molecular weight excluding hydrogens is 271 g/mol. The molecule has 0 aromatic heterocycles. The third kappa shape index (κ3) is 4.39. The minimum atomic E-state index is -2.75. The summed E-state index contributed by atoms with van der Waals surface area (Å²) in [5.41, 5.74) is 0.748. The van der Waals surface area contributed by atoms with E-state index in [9.17, 15) is 8.78 Å². The summed E-state index contributed by atoms with van der Waals surface area (Å²) in [6, 6.07) is 4.73. The van der Waals surface area contributed by atoms with Crippen molar-refractivity contribution < 1.29 is 13.9 Å². The highest BCUT2D eigenvalue weighted by Crippen LogP contribution is 2.26. The lowest BCUT2D eigenvalue weighted by atomic mass is 10.1. The zero-order chi connectivity index (χ0) is 13.0. The third-order valence-corrected chi connectivity index (χ3v) is 2.92. The van der Waals surface area contributed by atoms with Gasteiger partial charge in [-0.15, -0.1) is 0 Å². The number of aliphatic hydroxyl groups is 1. The van der Waals surface area contributed by atoms with Crippen LogP contribution in [-0.4, -0.2) is 24.2 Å². The van der Waals surface area contributed by atoms with Crippen molar-refractivity contribution >= 4 is 23.2 Å². The number of hydrogen-bond acceptors (Lipinski definition) is 2. The summed E-state index contributed by atoms with van der Waals surface area (Å²) >= 11 is 11.7. The Morgan fingerprint density at radius 1 is 1.35 bits per heavy atom. The van der Waals surface area contributed by atoms with Gasteiger partial charge in [-0.1, -0.05) is 29.3 Å². The van der Waals surface area contributed by atoms with Crippen LogP contribution >= 0.6 is 23.2 Å². The summed E-state index contributed by atoms with van der Waals surface area (Å²) in [5.74, 6) is 0. The van der Waals surface area contributed by atoms with Crippen LogP contribution in [0.5, 0.6) is 0 Å². The van der Waals surface area contributed by atoms with Gasteiger partial charge in [-0.3, -0.25) is 0 Å². The van der Waals surface area contributed by atoms with Gasteiger partial charge in [0.05, 0.1) is 0 Å². The van der Waals surface area contributed by atoms with Crippen LogP contribution in [0, 0.1) is 0 Å². The molecule has 2 atom stereocenters. The van der Waals surface area contributed by atoms with Crippen LogP contribution in [0.3, 0.4) is 0 Å². The molecule has 0 spiro atoms. The fourth-order valence-corrected chi connectivity index (χ4v) is 1.92. The minimum Gasteiger partial charge on any atom is -0.386 e. The first kappa shape index (κ1) is 14.6. The average molecular weight is 284 g/mol. The van der Waals surface area contributed by atoms with Crippen LogP contribution < -0.4 is 5.32 Å². The maximum atomic E-state index is 12.1. The molecule has 1 aromatic carbocycles. The zero-order valence-electron chi connectivity index (χ0n) is 9.13. The van der Waals surface area contributed by atoms with Gasteiger partial charge in [0.1, 0.15) is 6.10 Å². The van der Waals surface area contributed by atoms with E-state index in [-0.39, 0.29) is 12.6 Å². The molecule has 2 nitrogen and oxygen atoms in total. The Bertz CT molecular complexity index is 376. The molecule has 0 saturated carbocycles. The normalized spacial score (nSPS) is 15.0. The molecule has 0 fully saturated rings. The highest BCUT2D eigenvalue weighted by molar-refractivity contribution is 6.35. The van der Waals surface area contributed by atoms with Crippen LogP contribution in [0.1, 0.15) is 18.5 Å². The number of halogens is 4. The topological polar surface area (TPSA) is 32.3 Å². The fourth-order valence-electron chi connectivity index (χ4n) is 1.35. The van der Waals surface area contributed by atoms with Gasteiger partial charge in [-0.2, -0.15) is 0 Å². The van der Waals surface area contributed by atoms with Gasteiger partial charge in [0.15, 0.2) is 0 Å². The smallest absolute Gasteiger partial charge is 0.265 e. The Morgan fingerprint density at radius 3 is 2.53 bits per heavy atom. The predicted octanol–water partition coefficient (Wildman–Crippen LogP) is 3.27. The lowest BCUT2D eigenvalue weighted by molar-refractivity contribution is -0.00439. The summed E-state index contributed by atoms with van der Waals surface area (Å²) < 4.78 is 24.2. The highest BCUT2D eigenvalue weighted by Gasteiger charge is 2.18. The van der Waals surface area contributed by atoms with E-state index in [2.05, 4.69) is 5.32 Å². The SMILES string of the molecule is CC(NCC(O)C(F)F)c1ccc(Cl)cc1Cl. The van der Waals surface area contributed by atoms with E-state index in [0.717, 1.165) is 5.56 Å². The van der Waals surface area contributed by atoms with Crippen molar-refractivity contribution in [2.24, 2.45) is 0 Å². The van der Waals surface area contributed by atoms with Gasteiger partial charge in [0.2, 0.25) is 0 Å². The molecule has 1 aromatic rings. The Kier molecular flexibility index (Phi) is 5.59. The molecule has 0 aliphatic rings. The molecule has 0 aliphatic heterocycles. The summed E-state index contributed by atoms with van der Waals surface area (Å²) in [6.07, 6.45) is -4.43. The highest BCUT2D eigenvalue weighted by atomic mass is 35.5. The number of nitrogens with one attached hydrogen (secondary N) is 1. The Balaban J connectivity index is 2.61. The van der Waals surface area contributed by atoms with Gasteiger partial charge < -0.3 is 10.4 Å². The Labute approximate surface area is 109 Å². The van der Waals surface area contributed by atoms with Crippen LogP contribution in [0.4, 0.5) is 8.78 Å². The predicted molar refractivity (Wildman–Crippen MR) is 64.9 cm³/mol. The number of aliphatic hydroxyl groups excluding tert-OH is 1. The summed E-state index contributed by atoms with van der Waals surface area (Å²) in [7, 11) is 0. The number of rotatable bonds is 5. The molecule has 96 valence electrons.